The lowest BCUT2D eigenvalue weighted by molar-refractivity contribution is 0.107. The van der Waals surface area contributed by atoms with Gasteiger partial charge < -0.3 is 25.8 Å². The van der Waals surface area contributed by atoms with Gasteiger partial charge in [-0.1, -0.05) is 11.3 Å². The van der Waals surface area contributed by atoms with Gasteiger partial charge in [0.05, 0.1) is 21.3 Å². The molecule has 0 bridgehead atoms. The van der Waals surface area contributed by atoms with Crippen molar-refractivity contribution in [1.29, 1.82) is 0 Å². The molecule has 7 rings (SSSR count). The Labute approximate surface area is 231 Å². The van der Waals surface area contributed by atoms with E-state index in [1.807, 2.05) is 4.90 Å². The molecule has 3 aliphatic heterocycles. The number of piperazine rings is 1. The molecule has 10 nitrogen and oxygen atoms in total. The summed E-state index contributed by atoms with van der Waals surface area (Å²) in [6.45, 7) is 3.89. The molecule has 0 aliphatic carbocycles. The minimum atomic E-state index is -0.919. The normalized spacial score (nSPS) is 23.4. The molecule has 40 heavy (non-hydrogen) atoms. The molecule has 0 spiro atoms. The topological polar surface area (TPSA) is 126 Å². The lowest BCUT2D eigenvalue weighted by Crippen LogP contribution is -2.44. The van der Waals surface area contributed by atoms with E-state index in [1.54, 1.807) is 0 Å². The SMILES string of the molecule is Nc1nc2c(-c3c(O)nc4c(N5CCNCC5)nc(OC[C@@]56CCCN5C[C@H](F)C6)nc4c3F)ccc(F)c2s1. The molecular formula is C26H27F3N8O2S. The predicted molar refractivity (Wildman–Crippen MR) is 146 cm³/mol. The number of halogens is 3. The van der Waals surface area contributed by atoms with Crippen LogP contribution in [0.1, 0.15) is 19.3 Å². The number of thiazole rings is 1. The second-order valence-corrected chi connectivity index (χ2v) is 11.6. The third-order valence-corrected chi connectivity index (χ3v) is 9.04. The fourth-order valence-corrected chi connectivity index (χ4v) is 7.06. The van der Waals surface area contributed by atoms with Crippen molar-refractivity contribution in [2.45, 2.75) is 31.0 Å². The van der Waals surface area contributed by atoms with Crippen LogP contribution in [-0.2, 0) is 0 Å². The maximum atomic E-state index is 16.4. The number of hydrogen-bond acceptors (Lipinski definition) is 11. The van der Waals surface area contributed by atoms with E-state index in [9.17, 15) is 13.9 Å². The Morgan fingerprint density at radius 3 is 2.75 bits per heavy atom. The van der Waals surface area contributed by atoms with Gasteiger partial charge in [-0.25, -0.2) is 23.1 Å². The van der Waals surface area contributed by atoms with E-state index >= 15 is 4.39 Å². The first-order chi connectivity index (χ1) is 19.3. The Balaban J connectivity index is 1.36. The number of anilines is 2. The summed E-state index contributed by atoms with van der Waals surface area (Å²) in [4.78, 5) is 21.6. The number of ether oxygens (including phenoxy) is 1. The highest BCUT2D eigenvalue weighted by Gasteiger charge is 2.49. The number of benzene rings is 1. The first-order valence-electron chi connectivity index (χ1n) is 13.3. The van der Waals surface area contributed by atoms with Crippen molar-refractivity contribution < 1.29 is 23.0 Å². The fourth-order valence-electron chi connectivity index (χ4n) is 6.30. The molecule has 0 radical (unpaired) electrons. The highest BCUT2D eigenvalue weighted by Crippen LogP contribution is 2.43. The number of nitrogens with two attached hydrogens (primary N) is 1. The van der Waals surface area contributed by atoms with Crippen LogP contribution >= 0.6 is 11.3 Å². The van der Waals surface area contributed by atoms with Crippen LogP contribution < -0.4 is 20.7 Å². The molecule has 3 aromatic heterocycles. The van der Waals surface area contributed by atoms with Gasteiger partial charge in [-0.2, -0.15) is 9.97 Å². The monoisotopic (exact) mass is 572 g/mol. The summed E-state index contributed by atoms with van der Waals surface area (Å²) in [7, 11) is 0. The van der Waals surface area contributed by atoms with Crippen LogP contribution in [0.2, 0.25) is 0 Å². The largest absolute Gasteiger partial charge is 0.493 e. The molecule has 0 amide bonds. The van der Waals surface area contributed by atoms with Crippen LogP contribution in [0.4, 0.5) is 24.1 Å². The van der Waals surface area contributed by atoms with E-state index in [4.69, 9.17) is 10.5 Å². The van der Waals surface area contributed by atoms with Gasteiger partial charge in [-0.3, -0.25) is 4.90 Å². The number of rotatable bonds is 5. The van der Waals surface area contributed by atoms with Crippen LogP contribution in [0.25, 0.3) is 32.4 Å². The fraction of sp³-hybridized carbons (Fsp3) is 0.462. The zero-order chi connectivity index (χ0) is 27.6. The van der Waals surface area contributed by atoms with Gasteiger partial charge in [0.15, 0.2) is 16.8 Å². The van der Waals surface area contributed by atoms with E-state index in [1.165, 1.54) is 12.1 Å². The standard InChI is InChI=1S/C26H27F3N8O2S/c27-13-10-26(4-1-7-37(26)11-13)12-39-25-34-19-17(29)16(14-2-3-15(28)21-18(14)33-24(30)40-21)23(38)32-20(19)22(35-25)36-8-5-31-6-9-36/h2-3,13,31H,1,4-12H2,(H2,30,33)(H,32,38)/t13-,26+/m1/s1. The second-order valence-electron chi connectivity index (χ2n) is 10.6. The summed E-state index contributed by atoms with van der Waals surface area (Å²) >= 11 is 0.931. The number of fused-ring (bicyclic) bond motifs is 3. The predicted octanol–water partition coefficient (Wildman–Crippen LogP) is 3.23. The van der Waals surface area contributed by atoms with Crippen LogP contribution in [-0.4, -0.2) is 87.5 Å². The zero-order valence-electron chi connectivity index (χ0n) is 21.5. The molecule has 4 aromatic rings. The summed E-state index contributed by atoms with van der Waals surface area (Å²) in [6.07, 6.45) is 1.21. The van der Waals surface area contributed by atoms with Gasteiger partial charge in [0, 0.05) is 44.7 Å². The molecule has 3 saturated heterocycles. The average molecular weight is 573 g/mol. The first kappa shape index (κ1) is 25.5. The Bertz CT molecular complexity index is 1630. The lowest BCUT2D eigenvalue weighted by Gasteiger charge is -2.31. The summed E-state index contributed by atoms with van der Waals surface area (Å²) in [5.74, 6) is -1.68. The average Bonchev–Trinajstić information content (AvgIpc) is 3.61. The second kappa shape index (κ2) is 9.56. The molecule has 3 fully saturated rings. The molecule has 6 heterocycles. The Morgan fingerprint density at radius 2 is 1.93 bits per heavy atom. The number of nitrogens with zero attached hydrogens (tertiary/aromatic N) is 6. The number of pyridine rings is 1. The van der Waals surface area contributed by atoms with Gasteiger partial charge in [0.2, 0.25) is 5.88 Å². The van der Waals surface area contributed by atoms with Crippen LogP contribution in [0.5, 0.6) is 11.9 Å². The van der Waals surface area contributed by atoms with Crippen molar-refractivity contribution >= 4 is 43.5 Å². The maximum Gasteiger partial charge on any atom is 0.319 e. The van der Waals surface area contributed by atoms with Gasteiger partial charge >= 0.3 is 6.01 Å². The Kier molecular flexibility index (Phi) is 6.09. The van der Waals surface area contributed by atoms with Crippen molar-refractivity contribution in [1.82, 2.24) is 30.2 Å². The maximum absolute atomic E-state index is 16.4. The number of aromatic nitrogens is 4. The van der Waals surface area contributed by atoms with E-state index < -0.39 is 29.2 Å². The number of alkyl halides is 1. The zero-order valence-corrected chi connectivity index (χ0v) is 22.3. The first-order valence-corrected chi connectivity index (χ1v) is 14.1. The van der Waals surface area contributed by atoms with Crippen molar-refractivity contribution in [2.24, 2.45) is 0 Å². The van der Waals surface area contributed by atoms with Crippen molar-refractivity contribution in [2.75, 3.05) is 56.5 Å². The number of hydrogen-bond donors (Lipinski definition) is 3. The van der Waals surface area contributed by atoms with E-state index in [0.717, 1.165) is 30.7 Å². The quantitative estimate of drug-likeness (QED) is 0.328. The third-order valence-electron chi connectivity index (χ3n) is 8.14. The van der Waals surface area contributed by atoms with Gasteiger partial charge in [-0.05, 0) is 31.5 Å². The van der Waals surface area contributed by atoms with E-state index in [-0.39, 0.29) is 50.1 Å². The summed E-state index contributed by atoms with van der Waals surface area (Å²) in [5, 5.41) is 14.4. The van der Waals surface area contributed by atoms with Crippen molar-refractivity contribution in [3.05, 3.63) is 23.8 Å². The smallest absolute Gasteiger partial charge is 0.319 e. The van der Waals surface area contributed by atoms with Crippen LogP contribution in [0.15, 0.2) is 12.1 Å². The van der Waals surface area contributed by atoms with Crippen molar-refractivity contribution in [3.8, 4) is 23.0 Å². The highest BCUT2D eigenvalue weighted by molar-refractivity contribution is 7.22. The van der Waals surface area contributed by atoms with Crippen LogP contribution in [0.3, 0.4) is 0 Å². The van der Waals surface area contributed by atoms with E-state index in [0.29, 0.717) is 45.0 Å². The Morgan fingerprint density at radius 1 is 1.10 bits per heavy atom. The summed E-state index contributed by atoms with van der Waals surface area (Å²) in [6, 6.07) is 2.45. The number of nitrogens with one attached hydrogen (secondary N) is 1. The molecule has 3 aliphatic rings. The lowest BCUT2D eigenvalue weighted by atomic mass is 9.95. The highest BCUT2D eigenvalue weighted by atomic mass is 32.1. The van der Waals surface area contributed by atoms with Gasteiger partial charge in [0.1, 0.15) is 29.6 Å². The van der Waals surface area contributed by atoms with Crippen molar-refractivity contribution in [3.63, 3.8) is 0 Å². The molecule has 2 atom stereocenters. The minimum Gasteiger partial charge on any atom is -0.493 e. The molecule has 0 saturated carbocycles. The summed E-state index contributed by atoms with van der Waals surface area (Å²) < 4.78 is 51.4. The molecule has 0 unspecified atom stereocenters. The third kappa shape index (κ3) is 4.08. The van der Waals surface area contributed by atoms with E-state index in [2.05, 4.69) is 30.2 Å². The molecule has 210 valence electrons. The summed E-state index contributed by atoms with van der Waals surface area (Å²) in [5.41, 5.74) is 5.30. The molecule has 4 N–H and O–H groups in total. The van der Waals surface area contributed by atoms with Gasteiger partial charge in [0.25, 0.3) is 0 Å². The molecule has 1 aromatic carbocycles. The number of nitrogen functional groups attached to an aromatic ring is 1. The molecule has 14 heteroatoms. The minimum absolute atomic E-state index is 0.0518. The molecular weight excluding hydrogens is 545 g/mol. The Hall–Kier alpha value is -3.49. The number of aromatic hydroxyl groups is 1. The van der Waals surface area contributed by atoms with Crippen LogP contribution in [0, 0.1) is 11.6 Å². The van der Waals surface area contributed by atoms with Gasteiger partial charge in [-0.15, -0.1) is 0 Å².